The zero-order valence-electron chi connectivity index (χ0n) is 12.4. The molecule has 1 amide bonds. The van der Waals surface area contributed by atoms with Crippen LogP contribution >= 0.6 is 11.6 Å². The number of hydrogen-bond donors (Lipinski definition) is 0. The number of methoxy groups -OCH3 is 1. The first-order chi connectivity index (χ1) is 10.5. The summed E-state index contributed by atoms with van der Waals surface area (Å²) in [4.78, 5) is 24.1. The fraction of sp³-hybridized carbons (Fsp3) is 0.267. The van der Waals surface area contributed by atoms with Gasteiger partial charge in [0.2, 0.25) is 11.2 Å². The van der Waals surface area contributed by atoms with E-state index in [0.29, 0.717) is 17.3 Å². The summed E-state index contributed by atoms with van der Waals surface area (Å²) in [6.07, 6.45) is 1.56. The van der Waals surface area contributed by atoms with E-state index in [1.165, 1.54) is 0 Å². The molecule has 1 aromatic carbocycles. The molecule has 0 spiro atoms. The Morgan fingerprint density at radius 3 is 2.86 bits per heavy atom. The molecule has 22 heavy (non-hydrogen) atoms. The van der Waals surface area contributed by atoms with Crippen LogP contribution in [0.15, 0.2) is 30.5 Å². The van der Waals surface area contributed by atoms with E-state index in [9.17, 15) is 4.79 Å². The fourth-order valence-electron chi connectivity index (χ4n) is 2.56. The lowest BCUT2D eigenvalue weighted by Crippen LogP contribution is -2.49. The molecule has 0 unspecified atom stereocenters. The van der Waals surface area contributed by atoms with Crippen LogP contribution in [0, 0.1) is 0 Å². The van der Waals surface area contributed by atoms with E-state index in [1.807, 2.05) is 36.1 Å². The number of likely N-dealkylation sites (N-methyl/N-ethyl adjacent to an activating group) is 1. The van der Waals surface area contributed by atoms with Crippen molar-refractivity contribution in [2.75, 3.05) is 24.0 Å². The minimum Gasteiger partial charge on any atom is -0.497 e. The van der Waals surface area contributed by atoms with Crippen molar-refractivity contribution < 1.29 is 9.53 Å². The van der Waals surface area contributed by atoms with Crippen LogP contribution in [0.4, 0.5) is 17.2 Å². The maximum atomic E-state index is 12.5. The average molecular weight is 319 g/mol. The lowest BCUT2D eigenvalue weighted by Gasteiger charge is -2.38. The summed E-state index contributed by atoms with van der Waals surface area (Å²) < 4.78 is 5.26. The summed E-state index contributed by atoms with van der Waals surface area (Å²) in [6, 6.07) is 7.06. The Hall–Kier alpha value is -2.34. The first-order valence-corrected chi connectivity index (χ1v) is 7.14. The second-order valence-electron chi connectivity index (χ2n) is 4.99. The van der Waals surface area contributed by atoms with Crippen LogP contribution in [0.2, 0.25) is 5.28 Å². The Morgan fingerprint density at radius 1 is 1.36 bits per heavy atom. The van der Waals surface area contributed by atoms with Gasteiger partial charge in [-0.05, 0) is 30.7 Å². The summed E-state index contributed by atoms with van der Waals surface area (Å²) in [7, 11) is 3.31. The van der Waals surface area contributed by atoms with Crippen molar-refractivity contribution in [2.24, 2.45) is 0 Å². The quantitative estimate of drug-likeness (QED) is 0.797. The lowest BCUT2D eigenvalue weighted by molar-refractivity contribution is -0.119. The van der Waals surface area contributed by atoms with E-state index in [2.05, 4.69) is 9.97 Å². The largest absolute Gasteiger partial charge is 0.497 e. The SMILES string of the molecule is COc1cccc(N2c3nc(Cl)ncc3N(C)C(=O)[C@H]2C)c1. The number of ether oxygens (including phenoxy) is 1. The smallest absolute Gasteiger partial charge is 0.249 e. The van der Waals surface area contributed by atoms with E-state index in [-0.39, 0.29) is 11.2 Å². The van der Waals surface area contributed by atoms with E-state index in [1.54, 1.807) is 25.3 Å². The van der Waals surface area contributed by atoms with Gasteiger partial charge in [-0.15, -0.1) is 0 Å². The highest BCUT2D eigenvalue weighted by Gasteiger charge is 2.36. The molecule has 0 radical (unpaired) electrons. The van der Waals surface area contributed by atoms with Gasteiger partial charge in [-0.1, -0.05) is 6.07 Å². The highest BCUT2D eigenvalue weighted by atomic mass is 35.5. The van der Waals surface area contributed by atoms with Gasteiger partial charge in [0, 0.05) is 18.8 Å². The molecular formula is C15H15ClN4O2. The molecular weight excluding hydrogens is 304 g/mol. The maximum absolute atomic E-state index is 12.5. The summed E-state index contributed by atoms with van der Waals surface area (Å²) in [6.45, 7) is 1.83. The lowest BCUT2D eigenvalue weighted by atomic mass is 10.1. The van der Waals surface area contributed by atoms with E-state index < -0.39 is 6.04 Å². The Kier molecular flexibility index (Phi) is 3.62. The Bertz CT molecular complexity index is 737. The number of amides is 1. The molecule has 1 aromatic heterocycles. The summed E-state index contributed by atoms with van der Waals surface area (Å²) >= 11 is 5.94. The van der Waals surface area contributed by atoms with E-state index in [4.69, 9.17) is 16.3 Å². The molecule has 0 fully saturated rings. The zero-order valence-corrected chi connectivity index (χ0v) is 13.2. The number of carbonyl (C=O) groups excluding carboxylic acids is 1. The average Bonchev–Trinajstić information content (AvgIpc) is 2.53. The summed E-state index contributed by atoms with van der Waals surface area (Å²) in [5, 5.41) is 0.140. The number of nitrogens with zero attached hydrogens (tertiary/aromatic N) is 4. The summed E-state index contributed by atoms with van der Waals surface area (Å²) in [5.74, 6) is 1.27. The molecule has 1 aliphatic heterocycles. The minimum absolute atomic E-state index is 0.0405. The Morgan fingerprint density at radius 2 is 2.14 bits per heavy atom. The molecule has 114 valence electrons. The van der Waals surface area contributed by atoms with Gasteiger partial charge in [-0.25, -0.2) is 4.98 Å². The normalized spacial score (nSPS) is 17.5. The number of benzene rings is 1. The molecule has 0 N–H and O–H groups in total. The van der Waals surface area contributed by atoms with Crippen molar-refractivity contribution in [3.63, 3.8) is 0 Å². The van der Waals surface area contributed by atoms with Gasteiger partial charge >= 0.3 is 0 Å². The molecule has 7 heteroatoms. The van der Waals surface area contributed by atoms with Gasteiger partial charge in [0.05, 0.1) is 13.3 Å². The van der Waals surface area contributed by atoms with Crippen LogP contribution < -0.4 is 14.5 Å². The van der Waals surface area contributed by atoms with Crippen LogP contribution in [0.1, 0.15) is 6.92 Å². The number of rotatable bonds is 2. The third-order valence-corrected chi connectivity index (χ3v) is 3.90. The molecule has 1 aliphatic rings. The molecule has 2 aromatic rings. The van der Waals surface area contributed by atoms with Crippen molar-refractivity contribution >= 4 is 34.7 Å². The van der Waals surface area contributed by atoms with Crippen LogP contribution in [0.5, 0.6) is 5.75 Å². The van der Waals surface area contributed by atoms with Crippen molar-refractivity contribution in [3.05, 3.63) is 35.7 Å². The van der Waals surface area contributed by atoms with Gasteiger partial charge in [-0.3, -0.25) is 4.79 Å². The van der Waals surface area contributed by atoms with Gasteiger partial charge < -0.3 is 14.5 Å². The van der Waals surface area contributed by atoms with E-state index in [0.717, 1.165) is 5.69 Å². The molecule has 6 nitrogen and oxygen atoms in total. The highest BCUT2D eigenvalue weighted by Crippen LogP contribution is 2.39. The molecule has 3 rings (SSSR count). The third kappa shape index (κ3) is 2.25. The first-order valence-electron chi connectivity index (χ1n) is 6.76. The first kappa shape index (κ1) is 14.6. The van der Waals surface area contributed by atoms with Gasteiger partial charge in [0.25, 0.3) is 0 Å². The molecule has 0 aliphatic carbocycles. The van der Waals surface area contributed by atoms with Crippen LogP contribution in [0.3, 0.4) is 0 Å². The monoisotopic (exact) mass is 318 g/mol. The number of hydrogen-bond acceptors (Lipinski definition) is 5. The molecule has 2 heterocycles. The number of anilines is 3. The zero-order chi connectivity index (χ0) is 15.9. The topological polar surface area (TPSA) is 58.6 Å². The second-order valence-corrected chi connectivity index (χ2v) is 5.33. The molecule has 0 bridgehead atoms. The van der Waals surface area contributed by atoms with Gasteiger partial charge in [0.1, 0.15) is 17.5 Å². The molecule has 0 saturated heterocycles. The summed E-state index contributed by atoms with van der Waals surface area (Å²) in [5.41, 5.74) is 1.43. The van der Waals surface area contributed by atoms with Crippen LogP contribution in [-0.2, 0) is 4.79 Å². The minimum atomic E-state index is -0.407. The standard InChI is InChI=1S/C15H15ClN4O2/c1-9-14(21)19(2)12-8-17-15(16)18-13(12)20(9)10-5-4-6-11(7-10)22-3/h4-9H,1-3H3/t9-/m1/s1. The van der Waals surface area contributed by atoms with E-state index >= 15 is 0 Å². The number of carbonyl (C=O) groups is 1. The molecule has 1 atom stereocenters. The second kappa shape index (κ2) is 5.46. The third-order valence-electron chi connectivity index (χ3n) is 3.72. The predicted octanol–water partition coefficient (Wildman–Crippen LogP) is 2.64. The van der Waals surface area contributed by atoms with Crippen molar-refractivity contribution in [1.82, 2.24) is 9.97 Å². The number of halogens is 1. The van der Waals surface area contributed by atoms with Crippen molar-refractivity contribution in [2.45, 2.75) is 13.0 Å². The maximum Gasteiger partial charge on any atom is 0.249 e. The van der Waals surface area contributed by atoms with Gasteiger partial charge in [0.15, 0.2) is 5.82 Å². The van der Waals surface area contributed by atoms with Crippen LogP contribution in [0.25, 0.3) is 0 Å². The van der Waals surface area contributed by atoms with Crippen molar-refractivity contribution in [1.29, 1.82) is 0 Å². The number of fused-ring (bicyclic) bond motifs is 1. The molecule has 0 saturated carbocycles. The van der Waals surface area contributed by atoms with Crippen molar-refractivity contribution in [3.8, 4) is 5.75 Å². The highest BCUT2D eigenvalue weighted by molar-refractivity contribution is 6.28. The Balaban J connectivity index is 2.19. The Labute approximate surface area is 133 Å². The predicted molar refractivity (Wildman–Crippen MR) is 85.0 cm³/mol. The number of aromatic nitrogens is 2. The van der Waals surface area contributed by atoms with Crippen LogP contribution in [-0.4, -0.2) is 36.1 Å². The fourth-order valence-corrected chi connectivity index (χ4v) is 2.69. The van der Waals surface area contributed by atoms with Gasteiger partial charge in [-0.2, -0.15) is 4.98 Å².